The van der Waals surface area contributed by atoms with Gasteiger partial charge >= 0.3 is 0 Å². The fourth-order valence-electron chi connectivity index (χ4n) is 1.46. The molecule has 15 heavy (non-hydrogen) atoms. The van der Waals surface area contributed by atoms with E-state index in [0.717, 1.165) is 5.69 Å². The molecule has 0 saturated carbocycles. The van der Waals surface area contributed by atoms with Crippen molar-refractivity contribution in [2.45, 2.75) is 20.8 Å². The first-order valence-electron chi connectivity index (χ1n) is 5.08. The van der Waals surface area contributed by atoms with Crippen LogP contribution in [-0.2, 0) is 0 Å². The lowest BCUT2D eigenvalue weighted by atomic mass is 10.0. The Morgan fingerprint density at radius 3 is 2.67 bits per heavy atom. The second kappa shape index (κ2) is 5.30. The Morgan fingerprint density at radius 2 is 2.13 bits per heavy atom. The summed E-state index contributed by atoms with van der Waals surface area (Å²) in [6.07, 6.45) is 5.63. The van der Waals surface area contributed by atoms with Crippen LogP contribution in [0.15, 0.2) is 41.9 Å². The predicted octanol–water partition coefficient (Wildman–Crippen LogP) is 4.31. The summed E-state index contributed by atoms with van der Waals surface area (Å²) in [7, 11) is 0. The van der Waals surface area contributed by atoms with Crippen molar-refractivity contribution in [1.82, 2.24) is 0 Å². The Bertz CT molecular complexity index is 411. The highest BCUT2D eigenvalue weighted by Gasteiger charge is 1.99. The molecule has 0 aromatic heterocycles. The van der Waals surface area contributed by atoms with E-state index in [4.69, 9.17) is 0 Å². The first-order chi connectivity index (χ1) is 7.19. The average Bonchev–Trinajstić information content (AvgIpc) is 2.21. The minimum atomic E-state index is 1.03. The molecule has 0 N–H and O–H groups in total. The summed E-state index contributed by atoms with van der Waals surface area (Å²) in [4.78, 5) is 4.29. The fraction of sp³-hybridized carbons (Fsp3) is 0.214. The number of aryl methyl sites for hydroxylation is 1. The van der Waals surface area contributed by atoms with Gasteiger partial charge in [-0.15, -0.1) is 0 Å². The van der Waals surface area contributed by atoms with Gasteiger partial charge in [-0.3, -0.25) is 4.99 Å². The summed E-state index contributed by atoms with van der Waals surface area (Å²) < 4.78 is 0. The molecule has 1 nitrogen and oxygen atoms in total. The third-order valence-electron chi connectivity index (χ3n) is 2.29. The van der Waals surface area contributed by atoms with Crippen molar-refractivity contribution >= 4 is 17.5 Å². The molecule has 0 amide bonds. The highest BCUT2D eigenvalue weighted by molar-refractivity contribution is 5.69. The molecule has 78 valence electrons. The molecule has 0 spiro atoms. The van der Waals surface area contributed by atoms with Crippen LogP contribution in [-0.4, -0.2) is 6.21 Å². The third kappa shape index (κ3) is 2.91. The van der Waals surface area contributed by atoms with Gasteiger partial charge in [0, 0.05) is 6.21 Å². The van der Waals surface area contributed by atoms with Crippen molar-refractivity contribution in [3.05, 3.63) is 48.1 Å². The van der Waals surface area contributed by atoms with E-state index in [1.54, 1.807) is 0 Å². The Labute approximate surface area is 91.9 Å². The predicted molar refractivity (Wildman–Crippen MR) is 68.9 cm³/mol. The lowest BCUT2D eigenvalue weighted by Crippen LogP contribution is -1.82. The lowest BCUT2D eigenvalue weighted by Gasteiger charge is -2.05. The smallest absolute Gasteiger partial charge is 0.0655 e. The van der Waals surface area contributed by atoms with Gasteiger partial charge < -0.3 is 0 Å². The first-order valence-corrected chi connectivity index (χ1v) is 5.08. The Hall–Kier alpha value is -1.63. The van der Waals surface area contributed by atoms with Gasteiger partial charge in [-0.2, -0.15) is 0 Å². The van der Waals surface area contributed by atoms with Crippen molar-refractivity contribution in [2.75, 3.05) is 0 Å². The molecular weight excluding hydrogens is 182 g/mol. The van der Waals surface area contributed by atoms with Crippen molar-refractivity contribution < 1.29 is 0 Å². The van der Waals surface area contributed by atoms with Gasteiger partial charge in [-0.25, -0.2) is 0 Å². The fourth-order valence-corrected chi connectivity index (χ4v) is 1.46. The monoisotopic (exact) mass is 199 g/mol. The molecule has 0 aliphatic rings. The molecule has 0 atom stereocenters. The van der Waals surface area contributed by atoms with Gasteiger partial charge in [0.2, 0.25) is 0 Å². The molecule has 1 aromatic rings. The van der Waals surface area contributed by atoms with E-state index in [-0.39, 0.29) is 0 Å². The minimum Gasteiger partial charge on any atom is -0.261 e. The van der Waals surface area contributed by atoms with Crippen molar-refractivity contribution in [1.29, 1.82) is 0 Å². The molecule has 0 unspecified atom stereocenters. The van der Waals surface area contributed by atoms with E-state index in [1.165, 1.54) is 16.7 Å². The van der Waals surface area contributed by atoms with Gasteiger partial charge in [-0.1, -0.05) is 24.8 Å². The van der Waals surface area contributed by atoms with Gasteiger partial charge in [-0.05, 0) is 49.6 Å². The maximum Gasteiger partial charge on any atom is 0.0655 e. The van der Waals surface area contributed by atoms with Gasteiger partial charge in [0.05, 0.1) is 5.69 Å². The zero-order chi connectivity index (χ0) is 11.3. The van der Waals surface area contributed by atoms with Crippen molar-refractivity contribution in [3.8, 4) is 0 Å². The van der Waals surface area contributed by atoms with Crippen molar-refractivity contribution in [3.63, 3.8) is 0 Å². The zero-order valence-electron chi connectivity index (χ0n) is 9.62. The van der Waals surface area contributed by atoms with Crippen LogP contribution >= 0.6 is 0 Å². The molecule has 0 saturated heterocycles. The number of aliphatic imine (C=N–C) groups is 1. The Kier molecular flexibility index (Phi) is 4.04. The van der Waals surface area contributed by atoms with Gasteiger partial charge in [0.25, 0.3) is 0 Å². The molecule has 0 radical (unpaired) electrons. The maximum atomic E-state index is 4.29. The topological polar surface area (TPSA) is 12.4 Å². The van der Waals surface area contributed by atoms with Crippen LogP contribution in [0.4, 0.5) is 5.69 Å². The quantitative estimate of drug-likeness (QED) is 0.508. The second-order valence-corrected chi connectivity index (χ2v) is 3.47. The number of hydrogen-bond donors (Lipinski definition) is 0. The van der Waals surface area contributed by atoms with Crippen LogP contribution < -0.4 is 0 Å². The molecule has 0 heterocycles. The third-order valence-corrected chi connectivity index (χ3v) is 2.29. The molecule has 1 rings (SSSR count). The zero-order valence-corrected chi connectivity index (χ0v) is 9.62. The summed E-state index contributed by atoms with van der Waals surface area (Å²) in [5.41, 5.74) is 4.68. The van der Waals surface area contributed by atoms with Crippen LogP contribution in [0.25, 0.3) is 5.57 Å². The SMILES string of the molecule is C=C/C=C(\C)c1ccc(N=CC)c(C)c1. The molecule has 0 aliphatic carbocycles. The van der Waals surface area contributed by atoms with E-state index in [2.05, 4.69) is 37.6 Å². The average molecular weight is 199 g/mol. The molecule has 0 aliphatic heterocycles. The van der Waals surface area contributed by atoms with Crippen LogP contribution in [0.1, 0.15) is 25.0 Å². The second-order valence-electron chi connectivity index (χ2n) is 3.47. The van der Waals surface area contributed by atoms with Crippen molar-refractivity contribution in [2.24, 2.45) is 4.99 Å². The first kappa shape index (κ1) is 11.4. The minimum absolute atomic E-state index is 1.03. The Morgan fingerprint density at radius 1 is 1.40 bits per heavy atom. The highest BCUT2D eigenvalue weighted by Crippen LogP contribution is 2.23. The number of hydrogen-bond acceptors (Lipinski definition) is 1. The summed E-state index contributed by atoms with van der Waals surface area (Å²) >= 11 is 0. The lowest BCUT2D eigenvalue weighted by molar-refractivity contribution is 1.38. The molecular formula is C14H17N. The molecule has 0 bridgehead atoms. The number of rotatable bonds is 3. The highest BCUT2D eigenvalue weighted by atomic mass is 14.7. The number of allylic oxidation sites excluding steroid dienone is 3. The molecule has 0 fully saturated rings. The summed E-state index contributed by atoms with van der Waals surface area (Å²) in [6.45, 7) is 9.78. The van der Waals surface area contributed by atoms with E-state index in [1.807, 2.05) is 31.4 Å². The van der Waals surface area contributed by atoms with Gasteiger partial charge in [0.1, 0.15) is 0 Å². The van der Waals surface area contributed by atoms with Crippen LogP contribution in [0.5, 0.6) is 0 Å². The van der Waals surface area contributed by atoms with E-state index >= 15 is 0 Å². The standard InChI is InChI=1S/C14H17N/c1-5-7-11(3)13-8-9-14(15-6-2)12(4)10-13/h5-10H,1H2,2-4H3/b11-7+,15-6?. The van der Waals surface area contributed by atoms with Crippen LogP contribution in [0.3, 0.4) is 0 Å². The molecule has 1 heteroatoms. The largest absolute Gasteiger partial charge is 0.261 e. The van der Waals surface area contributed by atoms with E-state index < -0.39 is 0 Å². The molecule has 1 aromatic carbocycles. The van der Waals surface area contributed by atoms with Gasteiger partial charge in [0.15, 0.2) is 0 Å². The van der Waals surface area contributed by atoms with E-state index in [9.17, 15) is 0 Å². The number of nitrogens with zero attached hydrogens (tertiary/aromatic N) is 1. The normalized spacial score (nSPS) is 12.1. The van der Waals surface area contributed by atoms with Crippen LogP contribution in [0, 0.1) is 6.92 Å². The Balaban J connectivity index is 3.11. The number of benzene rings is 1. The summed E-state index contributed by atoms with van der Waals surface area (Å²) in [6, 6.07) is 6.29. The maximum absolute atomic E-state index is 4.29. The van der Waals surface area contributed by atoms with Crippen LogP contribution in [0.2, 0.25) is 0 Å². The summed E-state index contributed by atoms with van der Waals surface area (Å²) in [5.74, 6) is 0. The van der Waals surface area contributed by atoms with E-state index in [0.29, 0.717) is 0 Å². The summed E-state index contributed by atoms with van der Waals surface area (Å²) in [5, 5.41) is 0.